The van der Waals surface area contributed by atoms with Gasteiger partial charge in [0.2, 0.25) is 0 Å². The van der Waals surface area contributed by atoms with Gasteiger partial charge in [-0.25, -0.2) is 0 Å². The fourth-order valence-corrected chi connectivity index (χ4v) is 4.52. The van der Waals surface area contributed by atoms with Crippen LogP contribution >= 0.6 is 0 Å². The largest absolute Gasteiger partial charge is 0.507 e. The first-order valence-corrected chi connectivity index (χ1v) is 12.2. The van der Waals surface area contributed by atoms with Crippen LogP contribution < -0.4 is 14.2 Å². The Morgan fingerprint density at radius 1 is 1.14 bits per heavy atom. The van der Waals surface area contributed by atoms with Crippen molar-refractivity contribution in [1.82, 2.24) is 9.80 Å². The Morgan fingerprint density at radius 2 is 1.89 bits per heavy atom. The van der Waals surface area contributed by atoms with E-state index in [9.17, 15) is 14.7 Å². The summed E-state index contributed by atoms with van der Waals surface area (Å²) in [5.74, 6) is 0.0330. The number of Topliss-reactive ketones (excluding diaryl/α,β-unsaturated/α-hetero) is 1. The maximum absolute atomic E-state index is 13.3. The number of ether oxygens (including phenoxy) is 3. The van der Waals surface area contributed by atoms with Crippen molar-refractivity contribution in [3.63, 3.8) is 0 Å². The molecule has 1 atom stereocenters. The molecule has 0 spiro atoms. The van der Waals surface area contributed by atoms with Crippen molar-refractivity contribution in [3.8, 4) is 17.2 Å². The lowest BCUT2D eigenvalue weighted by Gasteiger charge is -2.28. The Bertz CT molecular complexity index is 1170. The Kier molecular flexibility index (Phi) is 7.95. The van der Waals surface area contributed by atoms with Crippen LogP contribution in [0.15, 0.2) is 60.7 Å². The Morgan fingerprint density at radius 3 is 2.61 bits per heavy atom. The molecule has 2 aromatic carbocycles. The molecule has 0 aliphatic carbocycles. The first-order valence-electron chi connectivity index (χ1n) is 12.2. The number of hydrogen-bond donors (Lipinski definition) is 1. The molecule has 2 aliphatic rings. The second-order valence-corrected chi connectivity index (χ2v) is 8.55. The second-order valence-electron chi connectivity index (χ2n) is 8.55. The van der Waals surface area contributed by atoms with Gasteiger partial charge in [0.1, 0.15) is 31.3 Å². The highest BCUT2D eigenvalue weighted by Crippen LogP contribution is 2.41. The van der Waals surface area contributed by atoms with Gasteiger partial charge in [0.15, 0.2) is 11.5 Å². The van der Waals surface area contributed by atoms with E-state index in [4.69, 9.17) is 14.2 Å². The molecule has 2 aliphatic heterocycles. The zero-order chi connectivity index (χ0) is 25.7. The summed E-state index contributed by atoms with van der Waals surface area (Å²) in [5, 5.41) is 11.4. The highest BCUT2D eigenvalue weighted by molar-refractivity contribution is 6.46. The molecule has 0 aromatic heterocycles. The van der Waals surface area contributed by atoms with Gasteiger partial charge in [-0.3, -0.25) is 9.59 Å². The lowest BCUT2D eigenvalue weighted by atomic mass is 9.95. The smallest absolute Gasteiger partial charge is 0.295 e. The Balaban J connectivity index is 1.79. The molecular formula is C28H32N2O6. The van der Waals surface area contributed by atoms with Crippen molar-refractivity contribution < 1.29 is 28.9 Å². The van der Waals surface area contributed by atoms with Crippen LogP contribution in [-0.4, -0.2) is 72.6 Å². The van der Waals surface area contributed by atoms with Gasteiger partial charge >= 0.3 is 0 Å². The van der Waals surface area contributed by atoms with Gasteiger partial charge in [0.05, 0.1) is 11.6 Å². The van der Waals surface area contributed by atoms with Gasteiger partial charge in [0, 0.05) is 18.7 Å². The molecule has 0 radical (unpaired) electrons. The van der Waals surface area contributed by atoms with Crippen LogP contribution in [0.2, 0.25) is 0 Å². The summed E-state index contributed by atoms with van der Waals surface area (Å²) in [6.45, 7) is 11.5. The van der Waals surface area contributed by atoms with E-state index in [1.165, 1.54) is 4.90 Å². The number of rotatable bonds is 10. The highest BCUT2D eigenvalue weighted by atomic mass is 16.6. The highest BCUT2D eigenvalue weighted by Gasteiger charge is 2.46. The van der Waals surface area contributed by atoms with Gasteiger partial charge in [-0.1, -0.05) is 38.6 Å². The molecule has 36 heavy (non-hydrogen) atoms. The number of likely N-dealkylation sites (N-methyl/N-ethyl adjacent to an activating group) is 1. The van der Waals surface area contributed by atoms with Crippen LogP contribution in [-0.2, 0) is 9.59 Å². The van der Waals surface area contributed by atoms with Crippen molar-refractivity contribution in [2.24, 2.45) is 0 Å². The number of aliphatic hydroxyl groups is 1. The molecule has 190 valence electrons. The number of benzene rings is 2. The van der Waals surface area contributed by atoms with E-state index in [0.29, 0.717) is 61.3 Å². The number of carbonyl (C=O) groups is 2. The molecule has 8 nitrogen and oxygen atoms in total. The summed E-state index contributed by atoms with van der Waals surface area (Å²) in [4.78, 5) is 30.3. The van der Waals surface area contributed by atoms with Crippen LogP contribution in [0.3, 0.4) is 0 Å². The van der Waals surface area contributed by atoms with E-state index >= 15 is 0 Å². The molecule has 1 N–H and O–H groups in total. The van der Waals surface area contributed by atoms with E-state index in [2.05, 4.69) is 25.3 Å². The fraction of sp³-hybridized carbons (Fsp3) is 0.357. The standard InChI is InChI=1S/C28H32N2O6/c1-4-14-34-21-9-7-8-19(17-21)25-24(27(32)28(33)30(25)13-12-29(5-2)6-3)26(31)20-10-11-22-23(18-20)36-16-15-35-22/h4,7-11,17-18,25,31H,1,5-6,12-16H2,2-3H3/b26-24+/t25-/m1/s1. The molecule has 0 bridgehead atoms. The SMILES string of the molecule is C=CCOc1cccc([C@@H]2/C(=C(\O)c3ccc4c(c3)OCCO4)C(=O)C(=O)N2CCN(CC)CC)c1. The molecule has 2 heterocycles. The van der Waals surface area contributed by atoms with Gasteiger partial charge in [-0.15, -0.1) is 0 Å². The predicted octanol–water partition coefficient (Wildman–Crippen LogP) is 3.79. The quantitative estimate of drug-likeness (QED) is 0.234. The monoisotopic (exact) mass is 492 g/mol. The van der Waals surface area contributed by atoms with Crippen molar-refractivity contribution in [1.29, 1.82) is 0 Å². The average Bonchev–Trinajstić information content (AvgIpc) is 3.17. The molecule has 1 fully saturated rings. The number of likely N-dealkylation sites (tertiary alicyclic amines) is 1. The zero-order valence-corrected chi connectivity index (χ0v) is 20.7. The predicted molar refractivity (Wildman–Crippen MR) is 136 cm³/mol. The summed E-state index contributed by atoms with van der Waals surface area (Å²) in [6.07, 6.45) is 1.64. The van der Waals surface area contributed by atoms with Crippen LogP contribution in [0.25, 0.3) is 5.76 Å². The van der Waals surface area contributed by atoms with Crippen molar-refractivity contribution in [2.45, 2.75) is 19.9 Å². The third-order valence-electron chi connectivity index (χ3n) is 6.45. The van der Waals surface area contributed by atoms with Gasteiger partial charge in [-0.05, 0) is 49.0 Å². The van der Waals surface area contributed by atoms with E-state index in [1.807, 2.05) is 12.1 Å². The molecular weight excluding hydrogens is 460 g/mol. The van der Waals surface area contributed by atoms with Crippen LogP contribution in [0, 0.1) is 0 Å². The number of fused-ring (bicyclic) bond motifs is 1. The minimum atomic E-state index is -0.763. The number of amides is 1. The lowest BCUT2D eigenvalue weighted by Crippen LogP contribution is -2.38. The van der Waals surface area contributed by atoms with Crippen molar-refractivity contribution >= 4 is 17.4 Å². The fourth-order valence-electron chi connectivity index (χ4n) is 4.52. The number of carbonyl (C=O) groups excluding carboxylic acids is 2. The van der Waals surface area contributed by atoms with Crippen LogP contribution in [0.5, 0.6) is 17.2 Å². The van der Waals surface area contributed by atoms with E-state index < -0.39 is 17.7 Å². The zero-order valence-electron chi connectivity index (χ0n) is 20.7. The molecule has 1 saturated heterocycles. The second kappa shape index (κ2) is 11.3. The summed E-state index contributed by atoms with van der Waals surface area (Å²) in [5.41, 5.74) is 1.09. The molecule has 0 saturated carbocycles. The molecule has 4 rings (SSSR count). The van der Waals surface area contributed by atoms with Gasteiger partial charge in [-0.2, -0.15) is 0 Å². The van der Waals surface area contributed by atoms with Crippen LogP contribution in [0.1, 0.15) is 31.0 Å². The van der Waals surface area contributed by atoms with Gasteiger partial charge in [0.25, 0.3) is 11.7 Å². The van der Waals surface area contributed by atoms with E-state index in [-0.39, 0.29) is 11.3 Å². The summed E-state index contributed by atoms with van der Waals surface area (Å²) in [7, 11) is 0. The van der Waals surface area contributed by atoms with Gasteiger partial charge < -0.3 is 29.1 Å². The van der Waals surface area contributed by atoms with E-state index in [0.717, 1.165) is 13.1 Å². The molecule has 1 amide bonds. The average molecular weight is 493 g/mol. The molecule has 0 unspecified atom stereocenters. The maximum atomic E-state index is 13.3. The maximum Gasteiger partial charge on any atom is 0.295 e. The minimum absolute atomic E-state index is 0.0390. The topological polar surface area (TPSA) is 88.5 Å². The number of ketones is 1. The first kappa shape index (κ1) is 25.3. The number of nitrogens with zero attached hydrogens (tertiary/aromatic N) is 2. The Hall–Kier alpha value is -3.78. The number of aliphatic hydroxyl groups excluding tert-OH is 1. The third-order valence-corrected chi connectivity index (χ3v) is 6.45. The van der Waals surface area contributed by atoms with E-state index in [1.54, 1.807) is 36.4 Å². The molecule has 8 heteroatoms. The minimum Gasteiger partial charge on any atom is -0.507 e. The Labute approximate surface area is 211 Å². The molecule has 2 aromatic rings. The van der Waals surface area contributed by atoms with Crippen LogP contribution in [0.4, 0.5) is 0 Å². The van der Waals surface area contributed by atoms with Crippen molar-refractivity contribution in [2.75, 3.05) is 46.0 Å². The summed E-state index contributed by atoms with van der Waals surface area (Å²) >= 11 is 0. The third kappa shape index (κ3) is 5.09. The normalized spacial score (nSPS) is 18.5. The lowest BCUT2D eigenvalue weighted by molar-refractivity contribution is -0.140. The summed E-state index contributed by atoms with van der Waals surface area (Å²) in [6, 6.07) is 11.5. The van der Waals surface area contributed by atoms with Crippen molar-refractivity contribution in [3.05, 3.63) is 71.8 Å². The first-order chi connectivity index (χ1) is 17.5. The summed E-state index contributed by atoms with van der Waals surface area (Å²) < 4.78 is 16.9. The number of hydrogen-bond acceptors (Lipinski definition) is 7.